The van der Waals surface area contributed by atoms with Gasteiger partial charge in [-0.25, -0.2) is 0 Å². The van der Waals surface area contributed by atoms with Gasteiger partial charge in [0, 0.05) is 5.57 Å². The van der Waals surface area contributed by atoms with Crippen LogP contribution in [0.15, 0.2) is 106 Å². The Morgan fingerprint density at radius 2 is 1.90 bits per heavy atom. The van der Waals surface area contributed by atoms with Crippen LogP contribution in [0.4, 0.5) is 0 Å². The number of rotatable bonds is 6. The van der Waals surface area contributed by atoms with Crippen LogP contribution in [0.3, 0.4) is 0 Å². The minimum Gasteiger partial charge on any atom is -0.493 e. The lowest BCUT2D eigenvalue weighted by Gasteiger charge is -2.23. The molecular weight excluding hydrogens is 398 g/mol. The molecule has 0 N–H and O–H groups in total. The van der Waals surface area contributed by atoms with Gasteiger partial charge in [-0.05, 0) is 23.8 Å². The number of halogens is 1. The van der Waals surface area contributed by atoms with Crippen molar-refractivity contribution in [2.75, 3.05) is 7.11 Å². The Hall–Kier alpha value is -3.41. The van der Waals surface area contributed by atoms with Crippen molar-refractivity contribution >= 4 is 23.8 Å². The Morgan fingerprint density at radius 1 is 1.07 bits per heavy atom. The molecule has 1 unspecified atom stereocenters. The van der Waals surface area contributed by atoms with Crippen LogP contribution in [0, 0.1) is 0 Å². The van der Waals surface area contributed by atoms with E-state index in [2.05, 4.69) is 4.99 Å². The smallest absolute Gasteiger partial charge is 0.264 e. The fourth-order valence-corrected chi connectivity index (χ4v) is 3.83. The number of aliphatic imine (C=N–C) groups is 2. The topological polar surface area (TPSA) is 43.2 Å². The number of fused-ring (bicyclic) bond motifs is 1. The summed E-state index contributed by atoms with van der Waals surface area (Å²) >= 11 is 7.04. The highest BCUT2D eigenvalue weighted by Gasteiger charge is 2.47. The summed E-state index contributed by atoms with van der Waals surface area (Å²) in [7, 11) is 1.63. The zero-order valence-corrected chi connectivity index (χ0v) is 17.1. The van der Waals surface area contributed by atoms with Crippen LogP contribution in [0.5, 0.6) is 11.5 Å². The molecule has 0 radical (unpaired) electrons. The molecule has 3 aliphatic rings. The van der Waals surface area contributed by atoms with Crippen LogP contribution in [0.1, 0.15) is 11.1 Å². The van der Waals surface area contributed by atoms with Gasteiger partial charge in [-0.3, -0.25) is 4.99 Å². The number of nitrogens with zero attached hydrogens (tertiary/aromatic N) is 3. The molecule has 6 heteroatoms. The second-order valence-corrected chi connectivity index (χ2v) is 7.54. The second-order valence-electron chi connectivity index (χ2n) is 7.00. The van der Waals surface area contributed by atoms with E-state index in [1.54, 1.807) is 19.5 Å². The van der Waals surface area contributed by atoms with Crippen molar-refractivity contribution in [1.82, 2.24) is 0 Å². The van der Waals surface area contributed by atoms with E-state index in [1.165, 1.54) is 0 Å². The van der Waals surface area contributed by atoms with Crippen LogP contribution in [0.2, 0.25) is 0 Å². The Bertz CT molecular complexity index is 1190. The first-order chi connectivity index (χ1) is 14.7. The highest BCUT2D eigenvalue weighted by atomic mass is 35.5. The van der Waals surface area contributed by atoms with Gasteiger partial charge in [-0.1, -0.05) is 48.6 Å². The van der Waals surface area contributed by atoms with E-state index in [-0.39, 0.29) is 4.00 Å². The van der Waals surface area contributed by atoms with Gasteiger partial charge in [0.15, 0.2) is 23.3 Å². The summed E-state index contributed by atoms with van der Waals surface area (Å²) < 4.78 is 11.5. The number of hydrogen-bond donors (Lipinski definition) is 0. The third kappa shape index (κ3) is 3.09. The molecule has 0 aromatic heterocycles. The molecule has 0 spiro atoms. The average molecular weight is 417 g/mol. The Labute approximate surface area is 179 Å². The van der Waals surface area contributed by atoms with Crippen molar-refractivity contribution in [2.24, 2.45) is 9.98 Å². The van der Waals surface area contributed by atoms with Crippen LogP contribution < -0.4 is 9.47 Å². The molecule has 5 nitrogen and oxygen atoms in total. The summed E-state index contributed by atoms with van der Waals surface area (Å²) in [5.41, 5.74) is 4.63. The molecule has 1 aliphatic carbocycles. The quantitative estimate of drug-likeness (QED) is 0.602. The monoisotopic (exact) mass is 416 g/mol. The van der Waals surface area contributed by atoms with Gasteiger partial charge < -0.3 is 9.47 Å². The molecule has 148 valence electrons. The largest absolute Gasteiger partial charge is 0.493 e. The molecule has 2 heterocycles. The van der Waals surface area contributed by atoms with Crippen molar-refractivity contribution < 1.29 is 13.5 Å². The van der Waals surface area contributed by atoms with E-state index in [0.29, 0.717) is 23.9 Å². The molecule has 0 saturated carbocycles. The van der Waals surface area contributed by atoms with Gasteiger partial charge in [-0.15, -0.1) is 4.00 Å². The Kier molecular flexibility index (Phi) is 4.62. The summed E-state index contributed by atoms with van der Waals surface area (Å²) in [5.74, 6) is 1.98. The number of amidine groups is 1. The van der Waals surface area contributed by atoms with E-state index in [1.807, 2.05) is 73.0 Å². The van der Waals surface area contributed by atoms with Crippen molar-refractivity contribution in [1.29, 1.82) is 0 Å². The van der Waals surface area contributed by atoms with Gasteiger partial charge in [0.2, 0.25) is 5.70 Å². The molecule has 0 bridgehead atoms. The van der Waals surface area contributed by atoms with E-state index >= 15 is 0 Å². The molecule has 5 rings (SSSR count). The van der Waals surface area contributed by atoms with Crippen molar-refractivity contribution in [3.05, 3.63) is 107 Å². The lowest BCUT2D eigenvalue weighted by atomic mass is 10.0. The molecule has 2 aromatic rings. The number of quaternary nitrogens is 1. The predicted molar refractivity (Wildman–Crippen MR) is 118 cm³/mol. The van der Waals surface area contributed by atoms with Gasteiger partial charge in [0.1, 0.15) is 18.5 Å². The molecule has 30 heavy (non-hydrogen) atoms. The Morgan fingerprint density at radius 3 is 2.63 bits per heavy atom. The number of methoxy groups -OCH3 is 1. The Balaban J connectivity index is 1.51. The summed E-state index contributed by atoms with van der Waals surface area (Å²) in [4.78, 5) is 9.15. The van der Waals surface area contributed by atoms with Gasteiger partial charge in [-0.2, -0.15) is 4.99 Å². The number of hydrogen-bond acceptors (Lipinski definition) is 4. The molecule has 2 aliphatic heterocycles. The summed E-state index contributed by atoms with van der Waals surface area (Å²) in [6.07, 6.45) is 11.3. The average Bonchev–Trinajstić information content (AvgIpc) is 3.04. The molecular formula is C24H19ClN3O2+. The van der Waals surface area contributed by atoms with Crippen LogP contribution in [-0.4, -0.2) is 23.2 Å². The van der Waals surface area contributed by atoms with Crippen molar-refractivity contribution in [3.63, 3.8) is 0 Å². The van der Waals surface area contributed by atoms with Gasteiger partial charge in [0.05, 0.1) is 25.1 Å². The minimum atomic E-state index is -0.0610. The third-order valence-corrected chi connectivity index (χ3v) is 5.61. The first-order valence-electron chi connectivity index (χ1n) is 9.56. The van der Waals surface area contributed by atoms with Crippen molar-refractivity contribution in [3.8, 4) is 11.5 Å². The van der Waals surface area contributed by atoms with Crippen LogP contribution in [-0.2, 0) is 6.61 Å². The molecule has 2 aromatic carbocycles. The van der Waals surface area contributed by atoms with Crippen LogP contribution >= 0.6 is 11.8 Å². The molecule has 0 fully saturated rings. The van der Waals surface area contributed by atoms with E-state index < -0.39 is 0 Å². The molecule has 0 saturated heterocycles. The normalized spacial score (nSPS) is 21.1. The van der Waals surface area contributed by atoms with E-state index in [9.17, 15) is 0 Å². The van der Waals surface area contributed by atoms with Gasteiger partial charge >= 0.3 is 0 Å². The number of allylic oxidation sites excluding steroid dienone is 4. The number of ether oxygens (including phenoxy) is 2. The lowest BCUT2D eigenvalue weighted by Crippen LogP contribution is -2.37. The standard InChI is InChI=1S/C24H19ClN3O2/c1-29-21-11-10-19(14-22(21)30-16-17-6-3-2-4-7-17)24-27-23(18-8-5-9-18)20-15-26-12-13-28(20,24)25/h2-15H,16H2,1H3/q+1. The lowest BCUT2D eigenvalue weighted by molar-refractivity contribution is -0.599. The molecule has 1 atom stereocenters. The second kappa shape index (κ2) is 7.44. The first kappa shape index (κ1) is 18.6. The fraction of sp³-hybridized carbons (Fsp3) is 0.0833. The first-order valence-corrected chi connectivity index (χ1v) is 9.90. The maximum atomic E-state index is 7.04. The predicted octanol–water partition coefficient (Wildman–Crippen LogP) is 5.27. The minimum absolute atomic E-state index is 0.0610. The highest BCUT2D eigenvalue weighted by Crippen LogP contribution is 2.42. The SMILES string of the molecule is COc1ccc(C2=NC(C3=CC=C3)=C3C=NC=C[N+]23Cl)cc1OCc1ccccc1. The number of benzene rings is 2. The third-order valence-electron chi connectivity index (χ3n) is 5.16. The van der Waals surface area contributed by atoms with E-state index in [4.69, 9.17) is 26.2 Å². The van der Waals surface area contributed by atoms with Crippen molar-refractivity contribution in [2.45, 2.75) is 6.61 Å². The van der Waals surface area contributed by atoms with E-state index in [0.717, 1.165) is 28.1 Å². The summed E-state index contributed by atoms with van der Waals surface area (Å²) in [6.45, 7) is 0.437. The maximum absolute atomic E-state index is 7.04. The highest BCUT2D eigenvalue weighted by molar-refractivity contribution is 6.20. The fourth-order valence-electron chi connectivity index (χ4n) is 3.52. The summed E-state index contributed by atoms with van der Waals surface area (Å²) in [6, 6.07) is 15.8. The zero-order valence-electron chi connectivity index (χ0n) is 16.3. The maximum Gasteiger partial charge on any atom is 0.264 e. The zero-order chi connectivity index (χ0) is 20.6. The van der Waals surface area contributed by atoms with Crippen LogP contribution in [0.25, 0.3) is 0 Å². The van der Waals surface area contributed by atoms with Gasteiger partial charge in [0.25, 0.3) is 5.84 Å². The molecule has 0 amide bonds. The summed E-state index contributed by atoms with van der Waals surface area (Å²) in [5, 5.41) is 0.